The van der Waals surface area contributed by atoms with Gasteiger partial charge in [-0.05, 0) is 0 Å². The van der Waals surface area contributed by atoms with Gasteiger partial charge in [-0.1, -0.05) is 25.2 Å². The van der Waals surface area contributed by atoms with Gasteiger partial charge >= 0.3 is 39.9 Å². The monoisotopic (exact) mass is 591 g/mol. The van der Waals surface area contributed by atoms with Gasteiger partial charge in [0, 0.05) is 9.52 Å². The number of benzene rings is 2. The Bertz CT molecular complexity index is 651. The van der Waals surface area contributed by atoms with E-state index in [1.165, 1.54) is 21.5 Å². The van der Waals surface area contributed by atoms with E-state index in [9.17, 15) is 0 Å². The average Bonchev–Trinajstić information content (AvgIpc) is 3.17. The molecule has 4 rings (SSSR count). The van der Waals surface area contributed by atoms with E-state index >= 15 is 0 Å². The first-order valence-electron chi connectivity index (χ1n) is 7.30. The van der Waals surface area contributed by atoms with Crippen LogP contribution in [0.5, 0.6) is 0 Å². The van der Waals surface area contributed by atoms with Crippen molar-refractivity contribution in [2.45, 2.75) is 13.1 Å². The fraction of sp³-hybridized carbons (Fsp3) is 0.100. The zero-order valence-electron chi connectivity index (χ0n) is 13.9. The van der Waals surface area contributed by atoms with Crippen LogP contribution in [0, 0.1) is 39.9 Å². The number of hydrogen-bond donors (Lipinski definition) is 0. The Morgan fingerprint density at radius 1 is 0.625 bits per heavy atom. The molecule has 0 saturated heterocycles. The van der Waals surface area contributed by atoms with Crippen LogP contribution in [0.25, 0.3) is 21.5 Å². The number of halogens is 2. The van der Waals surface area contributed by atoms with Crippen molar-refractivity contribution in [1.29, 1.82) is 0 Å². The van der Waals surface area contributed by atoms with Gasteiger partial charge in [0.2, 0.25) is 0 Å². The van der Waals surface area contributed by atoms with Gasteiger partial charge in [0.25, 0.3) is 0 Å². The van der Waals surface area contributed by atoms with E-state index in [1.807, 2.05) is 0 Å². The molecule has 0 aliphatic heterocycles. The van der Waals surface area contributed by atoms with E-state index in [-0.39, 0.29) is 64.8 Å². The Morgan fingerprint density at radius 2 is 0.958 bits per heavy atom. The molecule has 0 N–H and O–H groups in total. The van der Waals surface area contributed by atoms with Crippen LogP contribution in [0.15, 0.2) is 84.9 Å². The maximum absolute atomic E-state index is 2.21. The van der Waals surface area contributed by atoms with Gasteiger partial charge in [0.15, 0.2) is 0 Å². The minimum Gasteiger partial charge on any atom is -1.00 e. The molecule has 24 heavy (non-hydrogen) atoms. The first-order valence-corrected chi connectivity index (χ1v) is 9.61. The summed E-state index contributed by atoms with van der Waals surface area (Å²) in [6.45, 7) is 4.42. The second kappa shape index (κ2) is 15.1. The fourth-order valence-electron chi connectivity index (χ4n) is 2.14. The third-order valence-electron chi connectivity index (χ3n) is 3.10. The normalized spacial score (nSPS) is 8.42. The maximum atomic E-state index is 2.21. The molecule has 0 aromatic heterocycles. The Hall–Kier alpha value is -0.218. The van der Waals surface area contributed by atoms with E-state index in [1.54, 1.807) is 0 Å². The van der Waals surface area contributed by atoms with Gasteiger partial charge in [0.1, 0.15) is 0 Å². The van der Waals surface area contributed by atoms with Gasteiger partial charge in [-0.3, -0.25) is 0 Å². The summed E-state index contributed by atoms with van der Waals surface area (Å²) in [7, 11) is 0.750. The van der Waals surface area contributed by atoms with Crippen LogP contribution in [-0.4, -0.2) is 9.52 Å². The summed E-state index contributed by atoms with van der Waals surface area (Å²) in [6.07, 6.45) is 0. The van der Waals surface area contributed by atoms with Crippen LogP contribution in [-0.2, 0) is 0 Å². The molecule has 0 aliphatic carbocycles. The zero-order chi connectivity index (χ0) is 14.9. The van der Waals surface area contributed by atoms with Crippen molar-refractivity contribution in [2.75, 3.05) is 0 Å². The molecule has 0 unspecified atom stereocenters. The fourth-order valence-corrected chi connectivity index (χ4v) is 2.14. The summed E-state index contributed by atoms with van der Waals surface area (Å²) in [4.78, 5) is 0. The third-order valence-corrected chi connectivity index (χ3v) is 3.10. The van der Waals surface area contributed by atoms with Gasteiger partial charge in [0.05, 0.1) is 0 Å². The van der Waals surface area contributed by atoms with Crippen molar-refractivity contribution >= 4 is 31.1 Å². The molecule has 0 heterocycles. The molecular weight excluding hydrogens is 571 g/mol. The molecule has 1 radical (unpaired) electrons. The molecule has 0 aliphatic rings. The van der Waals surface area contributed by atoms with Crippen LogP contribution in [0.1, 0.15) is 0 Å². The summed E-state index contributed by atoms with van der Waals surface area (Å²) < 4.78 is 0. The minimum atomic E-state index is 0. The maximum Gasteiger partial charge on any atom is 4.00 e. The molecule has 4 heteroatoms. The van der Waals surface area contributed by atoms with Crippen LogP contribution in [0.2, 0.25) is 13.1 Å². The Labute approximate surface area is 192 Å². The molecule has 0 nitrogen and oxygen atoms in total. The van der Waals surface area contributed by atoms with Crippen LogP contribution < -0.4 is 24.8 Å². The van der Waals surface area contributed by atoms with E-state index in [0.29, 0.717) is 0 Å². The van der Waals surface area contributed by atoms with Crippen molar-refractivity contribution in [3.8, 4) is 0 Å². The molecule has 0 fully saturated rings. The summed E-state index contributed by atoms with van der Waals surface area (Å²) in [5, 5.41) is 5.32. The van der Waals surface area contributed by atoms with Crippen LogP contribution in [0.3, 0.4) is 0 Å². The second-order valence-corrected chi connectivity index (χ2v) is 6.04. The van der Waals surface area contributed by atoms with Crippen molar-refractivity contribution in [1.82, 2.24) is 0 Å². The largest absolute Gasteiger partial charge is 4.00 e. The molecule has 4 aromatic rings. The molecule has 0 saturated carbocycles. The first kappa shape index (κ1) is 26.0. The van der Waals surface area contributed by atoms with Crippen LogP contribution >= 0.6 is 0 Å². The predicted octanol–water partition coefficient (Wildman–Crippen LogP) is -0.355. The summed E-state index contributed by atoms with van der Waals surface area (Å²) in [5.41, 5.74) is 0. The predicted molar refractivity (Wildman–Crippen MR) is 98.0 cm³/mol. The van der Waals surface area contributed by atoms with Crippen molar-refractivity contribution in [3.05, 3.63) is 84.9 Å². The molecular formula is C20H21Cl2SiTh. The van der Waals surface area contributed by atoms with Crippen molar-refractivity contribution < 1.29 is 64.8 Å². The molecule has 0 amide bonds. The molecule has 123 valence electrons. The number of hydrogen-bond acceptors (Lipinski definition) is 0. The zero-order valence-corrected chi connectivity index (χ0v) is 20.7. The van der Waals surface area contributed by atoms with Gasteiger partial charge in [-0.15, -0.1) is 59.3 Å². The molecule has 0 atom stereocenters. The van der Waals surface area contributed by atoms with E-state index in [2.05, 4.69) is 98.0 Å². The van der Waals surface area contributed by atoms with Gasteiger partial charge < -0.3 is 24.8 Å². The van der Waals surface area contributed by atoms with Crippen molar-refractivity contribution in [3.63, 3.8) is 0 Å². The summed E-state index contributed by atoms with van der Waals surface area (Å²) in [5.74, 6) is 0. The summed E-state index contributed by atoms with van der Waals surface area (Å²) in [6, 6.07) is 29.3. The minimum absolute atomic E-state index is 0. The van der Waals surface area contributed by atoms with Gasteiger partial charge in [-0.2, -0.15) is 35.0 Å². The van der Waals surface area contributed by atoms with Gasteiger partial charge in [-0.25, -0.2) is 0 Å². The molecule has 0 bridgehead atoms. The standard InChI is InChI=1S/2C9H7.C2H7Si.2ClH.Th/c2*1-2-5-9-7-3-6-8(9)4-1;1-3-2;;;/h2*1-7H;3H,1-2H3;2*1H;/q2*-1;;;;+4/p-2. The quantitative estimate of drug-likeness (QED) is 0.194. The van der Waals surface area contributed by atoms with E-state index in [4.69, 9.17) is 0 Å². The third kappa shape index (κ3) is 8.24. The average molecular weight is 592 g/mol. The Kier molecular flexibility index (Phi) is 16.3. The second-order valence-electron chi connectivity index (χ2n) is 4.89. The topological polar surface area (TPSA) is 0 Å². The smallest absolute Gasteiger partial charge is 1.00 e. The SMILES string of the molecule is C[SiH]C.[Cl-].[Cl-].[Th+4].c1ccc2[cH-]ccc2c1.c1ccc2[cH-]ccc2c1. The summed E-state index contributed by atoms with van der Waals surface area (Å²) >= 11 is 0. The van der Waals surface area contributed by atoms with Crippen molar-refractivity contribution in [2.24, 2.45) is 0 Å². The molecule has 0 spiro atoms. The Balaban J connectivity index is 0. The molecule has 4 aromatic carbocycles. The Morgan fingerprint density at radius 3 is 1.29 bits per heavy atom. The van der Waals surface area contributed by atoms with E-state index in [0.717, 1.165) is 9.52 Å². The number of rotatable bonds is 0. The number of fused-ring (bicyclic) bond motifs is 2. The van der Waals surface area contributed by atoms with Crippen LogP contribution in [0.4, 0.5) is 0 Å². The van der Waals surface area contributed by atoms with E-state index < -0.39 is 0 Å². The first-order chi connectivity index (χ1) is 10.3.